The van der Waals surface area contributed by atoms with Crippen molar-refractivity contribution in [1.82, 2.24) is 9.47 Å². The van der Waals surface area contributed by atoms with E-state index in [9.17, 15) is 4.79 Å². The quantitative estimate of drug-likeness (QED) is 0.743. The molecule has 2 heterocycles. The molecule has 0 saturated heterocycles. The number of rotatable bonds is 4. The summed E-state index contributed by atoms with van der Waals surface area (Å²) in [5, 5.41) is 3.00. The smallest absolute Gasteiger partial charge is 0.322 e. The SMILES string of the molecule is COc1cc(NC(=O)N2CCn3cccc3[C@@H]2c2ccccc2)cc(OC)c1. The van der Waals surface area contributed by atoms with Crippen LogP contribution in [-0.4, -0.2) is 36.3 Å². The van der Waals surface area contributed by atoms with Gasteiger partial charge in [-0.05, 0) is 17.7 Å². The standard InChI is InChI=1S/C22H23N3O3/c1-27-18-13-17(14-19(15-18)28-2)23-22(26)25-12-11-24-10-6-9-20(24)21(25)16-7-4-3-5-8-16/h3-10,13-15,21H,11-12H2,1-2H3,(H,23,26)/t21-/m0/s1. The molecule has 2 aromatic carbocycles. The number of amides is 2. The molecule has 1 aliphatic heterocycles. The number of urea groups is 1. The minimum atomic E-state index is -0.156. The van der Waals surface area contributed by atoms with Gasteiger partial charge in [-0.15, -0.1) is 0 Å². The molecule has 0 unspecified atom stereocenters. The van der Waals surface area contributed by atoms with E-state index in [-0.39, 0.29) is 12.1 Å². The number of carbonyl (C=O) groups is 1. The van der Waals surface area contributed by atoms with E-state index in [0.717, 1.165) is 17.8 Å². The molecule has 1 aromatic heterocycles. The zero-order valence-electron chi connectivity index (χ0n) is 16.0. The number of carbonyl (C=O) groups excluding carboxylic acids is 1. The van der Waals surface area contributed by atoms with Gasteiger partial charge in [0.2, 0.25) is 0 Å². The van der Waals surface area contributed by atoms with Crippen molar-refractivity contribution in [2.24, 2.45) is 0 Å². The summed E-state index contributed by atoms with van der Waals surface area (Å²) >= 11 is 0. The highest BCUT2D eigenvalue weighted by Crippen LogP contribution is 2.33. The molecule has 1 atom stereocenters. The number of fused-ring (bicyclic) bond motifs is 1. The second kappa shape index (κ2) is 7.68. The van der Waals surface area contributed by atoms with E-state index in [1.807, 2.05) is 29.2 Å². The van der Waals surface area contributed by atoms with E-state index in [4.69, 9.17) is 9.47 Å². The Morgan fingerprint density at radius 3 is 2.36 bits per heavy atom. The average molecular weight is 377 g/mol. The molecule has 1 aliphatic rings. The first-order valence-corrected chi connectivity index (χ1v) is 9.20. The van der Waals surface area contributed by atoms with Crippen molar-refractivity contribution in [2.45, 2.75) is 12.6 Å². The number of hydrogen-bond acceptors (Lipinski definition) is 3. The summed E-state index contributed by atoms with van der Waals surface area (Å²) < 4.78 is 12.8. The van der Waals surface area contributed by atoms with Gasteiger partial charge in [-0.3, -0.25) is 0 Å². The monoisotopic (exact) mass is 377 g/mol. The molecule has 0 fully saturated rings. The Bertz CT molecular complexity index is 946. The fourth-order valence-corrected chi connectivity index (χ4v) is 3.66. The van der Waals surface area contributed by atoms with E-state index in [1.54, 1.807) is 32.4 Å². The normalized spacial score (nSPS) is 15.6. The molecule has 6 nitrogen and oxygen atoms in total. The fraction of sp³-hybridized carbons (Fsp3) is 0.227. The maximum atomic E-state index is 13.2. The van der Waals surface area contributed by atoms with Gasteiger partial charge in [0.05, 0.1) is 20.3 Å². The number of hydrogen-bond donors (Lipinski definition) is 1. The van der Waals surface area contributed by atoms with Crippen molar-refractivity contribution < 1.29 is 14.3 Å². The molecule has 2 amide bonds. The topological polar surface area (TPSA) is 55.7 Å². The zero-order valence-corrected chi connectivity index (χ0v) is 16.0. The summed E-state index contributed by atoms with van der Waals surface area (Å²) in [6.45, 7) is 1.38. The third-order valence-electron chi connectivity index (χ3n) is 5.02. The van der Waals surface area contributed by atoms with Crippen molar-refractivity contribution in [3.05, 3.63) is 78.1 Å². The van der Waals surface area contributed by atoms with Crippen molar-refractivity contribution in [2.75, 3.05) is 26.1 Å². The largest absolute Gasteiger partial charge is 0.497 e. The third-order valence-corrected chi connectivity index (χ3v) is 5.02. The number of nitrogens with one attached hydrogen (secondary N) is 1. The summed E-state index contributed by atoms with van der Waals surface area (Å²) in [7, 11) is 3.18. The lowest BCUT2D eigenvalue weighted by molar-refractivity contribution is 0.182. The Morgan fingerprint density at radius 1 is 0.964 bits per heavy atom. The molecule has 0 aliphatic carbocycles. The van der Waals surface area contributed by atoms with Crippen molar-refractivity contribution in [3.8, 4) is 11.5 Å². The molecule has 144 valence electrons. The number of aromatic nitrogens is 1. The van der Waals surface area contributed by atoms with E-state index in [0.29, 0.717) is 23.7 Å². The minimum Gasteiger partial charge on any atom is -0.497 e. The molecule has 6 heteroatoms. The van der Waals surface area contributed by atoms with Crippen LogP contribution in [0.1, 0.15) is 17.3 Å². The first kappa shape index (κ1) is 18.0. The summed E-state index contributed by atoms with van der Waals surface area (Å²) in [4.78, 5) is 15.1. The van der Waals surface area contributed by atoms with Gasteiger partial charge in [0.25, 0.3) is 0 Å². The predicted octanol–water partition coefficient (Wildman–Crippen LogP) is 4.14. The maximum absolute atomic E-state index is 13.2. The third kappa shape index (κ3) is 3.41. The Kier molecular flexibility index (Phi) is 4.93. The maximum Gasteiger partial charge on any atom is 0.322 e. The van der Waals surface area contributed by atoms with E-state index in [2.05, 4.69) is 34.3 Å². The lowest BCUT2D eigenvalue weighted by Gasteiger charge is -2.37. The first-order valence-electron chi connectivity index (χ1n) is 9.20. The Hall–Kier alpha value is -3.41. The van der Waals surface area contributed by atoms with Gasteiger partial charge in [-0.2, -0.15) is 0 Å². The van der Waals surface area contributed by atoms with Gasteiger partial charge < -0.3 is 24.3 Å². The highest BCUT2D eigenvalue weighted by molar-refractivity contribution is 5.90. The number of ether oxygens (including phenoxy) is 2. The second-order valence-corrected chi connectivity index (χ2v) is 6.66. The van der Waals surface area contributed by atoms with Gasteiger partial charge in [-0.25, -0.2) is 4.79 Å². The lowest BCUT2D eigenvalue weighted by atomic mass is 10.0. The van der Waals surface area contributed by atoms with Crippen LogP contribution in [0.25, 0.3) is 0 Å². The van der Waals surface area contributed by atoms with Crippen molar-refractivity contribution in [1.29, 1.82) is 0 Å². The molecule has 0 saturated carbocycles. The summed E-state index contributed by atoms with van der Waals surface area (Å²) in [5.74, 6) is 1.25. The van der Waals surface area contributed by atoms with Crippen LogP contribution in [0.3, 0.4) is 0 Å². The summed E-state index contributed by atoms with van der Waals surface area (Å²) in [6.07, 6.45) is 2.06. The lowest BCUT2D eigenvalue weighted by Crippen LogP contribution is -2.44. The molecule has 0 spiro atoms. The number of methoxy groups -OCH3 is 2. The van der Waals surface area contributed by atoms with Gasteiger partial charge in [0.15, 0.2) is 0 Å². The summed E-state index contributed by atoms with van der Waals surface area (Å²) in [6, 6.07) is 19.2. The molecule has 1 N–H and O–H groups in total. The second-order valence-electron chi connectivity index (χ2n) is 6.66. The average Bonchev–Trinajstić information content (AvgIpc) is 3.22. The van der Waals surface area contributed by atoms with E-state index < -0.39 is 0 Å². The predicted molar refractivity (Wildman–Crippen MR) is 108 cm³/mol. The molecule has 3 aromatic rings. The highest BCUT2D eigenvalue weighted by atomic mass is 16.5. The van der Waals surface area contributed by atoms with Crippen LogP contribution in [0.5, 0.6) is 11.5 Å². The summed E-state index contributed by atoms with van der Waals surface area (Å²) in [5.41, 5.74) is 2.82. The van der Waals surface area contributed by atoms with E-state index in [1.165, 1.54) is 0 Å². The number of benzene rings is 2. The zero-order chi connectivity index (χ0) is 19.5. The minimum absolute atomic E-state index is 0.141. The molecular formula is C22H23N3O3. The molecule has 0 radical (unpaired) electrons. The van der Waals surface area contributed by atoms with Crippen molar-refractivity contribution in [3.63, 3.8) is 0 Å². The number of anilines is 1. The van der Waals surface area contributed by atoms with Crippen LogP contribution < -0.4 is 14.8 Å². The van der Waals surface area contributed by atoms with Gasteiger partial charge in [0.1, 0.15) is 11.5 Å². The number of nitrogens with zero attached hydrogens (tertiary/aromatic N) is 2. The van der Waals surface area contributed by atoms with Crippen LogP contribution in [0.15, 0.2) is 66.9 Å². The van der Waals surface area contributed by atoms with Crippen LogP contribution in [0, 0.1) is 0 Å². The van der Waals surface area contributed by atoms with Crippen LogP contribution in [0.4, 0.5) is 10.5 Å². The molecule has 0 bridgehead atoms. The first-order chi connectivity index (χ1) is 13.7. The van der Waals surface area contributed by atoms with Crippen molar-refractivity contribution >= 4 is 11.7 Å². The fourth-order valence-electron chi connectivity index (χ4n) is 3.66. The van der Waals surface area contributed by atoms with Crippen LogP contribution >= 0.6 is 0 Å². The Balaban J connectivity index is 1.65. The molecule has 28 heavy (non-hydrogen) atoms. The van der Waals surface area contributed by atoms with Gasteiger partial charge in [-0.1, -0.05) is 30.3 Å². The van der Waals surface area contributed by atoms with Gasteiger partial charge >= 0.3 is 6.03 Å². The van der Waals surface area contributed by atoms with Gasteiger partial charge in [0, 0.05) is 48.9 Å². The molecule has 4 rings (SSSR count). The highest BCUT2D eigenvalue weighted by Gasteiger charge is 2.32. The van der Waals surface area contributed by atoms with E-state index >= 15 is 0 Å². The van der Waals surface area contributed by atoms with Crippen LogP contribution in [0.2, 0.25) is 0 Å². The Morgan fingerprint density at radius 2 is 1.68 bits per heavy atom. The Labute approximate surface area is 164 Å². The van der Waals surface area contributed by atoms with Crippen LogP contribution in [-0.2, 0) is 6.54 Å². The molecular weight excluding hydrogens is 354 g/mol.